The molecule has 0 saturated carbocycles. The fraction of sp³-hybridized carbons (Fsp3) is 0.294. The van der Waals surface area contributed by atoms with Gasteiger partial charge < -0.3 is 10.5 Å². The molecule has 0 aliphatic heterocycles. The van der Waals surface area contributed by atoms with Crippen LogP contribution >= 0.6 is 0 Å². The lowest BCUT2D eigenvalue weighted by Gasteiger charge is -2.29. The second-order valence-corrected chi connectivity index (χ2v) is 5.27. The average molecular weight is 253 g/mol. The monoisotopic (exact) mass is 253 g/mol. The molecule has 0 spiro atoms. The fourth-order valence-corrected chi connectivity index (χ4v) is 2.58. The summed E-state index contributed by atoms with van der Waals surface area (Å²) in [6.07, 6.45) is 1.13. The molecule has 3 rings (SSSR count). The minimum atomic E-state index is 0.0764. The maximum atomic E-state index is 5.86. The molecule has 0 heterocycles. The van der Waals surface area contributed by atoms with Crippen LogP contribution in [-0.4, -0.2) is 6.61 Å². The Morgan fingerprint density at radius 3 is 2.58 bits per heavy atom. The number of benzene rings is 2. The lowest BCUT2D eigenvalue weighted by molar-refractivity contribution is 0.275. The Morgan fingerprint density at radius 2 is 1.89 bits per heavy atom. The van der Waals surface area contributed by atoms with Crippen molar-refractivity contribution in [1.82, 2.24) is 0 Å². The van der Waals surface area contributed by atoms with Crippen molar-refractivity contribution in [2.45, 2.75) is 25.3 Å². The van der Waals surface area contributed by atoms with E-state index in [1.54, 1.807) is 0 Å². The van der Waals surface area contributed by atoms with Crippen molar-refractivity contribution in [2.75, 3.05) is 6.61 Å². The normalized spacial score (nSPS) is 18.3. The summed E-state index contributed by atoms with van der Waals surface area (Å²) in [7, 11) is 0. The summed E-state index contributed by atoms with van der Waals surface area (Å²) in [4.78, 5) is 0. The molecular formula is C17H19NO. The van der Waals surface area contributed by atoms with Crippen molar-refractivity contribution in [2.24, 2.45) is 5.73 Å². The summed E-state index contributed by atoms with van der Waals surface area (Å²) in [6, 6.07) is 16.8. The van der Waals surface area contributed by atoms with Crippen molar-refractivity contribution in [3.8, 4) is 5.75 Å². The third kappa shape index (κ3) is 2.49. The average Bonchev–Trinajstić information content (AvgIpc) is 2.40. The van der Waals surface area contributed by atoms with E-state index in [2.05, 4.69) is 24.3 Å². The van der Waals surface area contributed by atoms with Crippen LogP contribution in [-0.2, 0) is 6.42 Å². The lowest BCUT2D eigenvalue weighted by Crippen LogP contribution is -2.23. The van der Waals surface area contributed by atoms with Gasteiger partial charge >= 0.3 is 0 Å². The van der Waals surface area contributed by atoms with Gasteiger partial charge in [0.2, 0.25) is 0 Å². The van der Waals surface area contributed by atoms with Gasteiger partial charge in [0, 0.05) is 12.0 Å². The van der Waals surface area contributed by atoms with Crippen LogP contribution in [0.2, 0.25) is 0 Å². The standard InChI is InChI=1S/C17H19NO/c1-12(18)13-6-8-16(9-7-13)19-11-15-10-14-4-2-3-5-17(14)15/h2-9,12,15H,10-11,18H2,1H3/t12-,15?/m1/s1. The van der Waals surface area contributed by atoms with E-state index < -0.39 is 0 Å². The molecule has 0 aromatic heterocycles. The molecule has 1 aliphatic carbocycles. The first kappa shape index (κ1) is 12.2. The van der Waals surface area contributed by atoms with Crippen molar-refractivity contribution >= 4 is 0 Å². The number of rotatable bonds is 4. The van der Waals surface area contributed by atoms with Gasteiger partial charge in [-0.2, -0.15) is 0 Å². The highest BCUT2D eigenvalue weighted by molar-refractivity contribution is 5.40. The van der Waals surface area contributed by atoms with Crippen LogP contribution in [0.5, 0.6) is 5.75 Å². The molecule has 0 radical (unpaired) electrons. The quantitative estimate of drug-likeness (QED) is 0.906. The molecule has 2 nitrogen and oxygen atoms in total. The van der Waals surface area contributed by atoms with E-state index in [4.69, 9.17) is 10.5 Å². The van der Waals surface area contributed by atoms with Crippen molar-refractivity contribution in [3.05, 3.63) is 65.2 Å². The number of fused-ring (bicyclic) bond motifs is 1. The van der Waals surface area contributed by atoms with Crippen LogP contribution < -0.4 is 10.5 Å². The Hall–Kier alpha value is -1.80. The molecule has 2 aromatic rings. The maximum absolute atomic E-state index is 5.86. The molecule has 98 valence electrons. The van der Waals surface area contributed by atoms with Crippen molar-refractivity contribution < 1.29 is 4.74 Å². The van der Waals surface area contributed by atoms with Crippen molar-refractivity contribution in [1.29, 1.82) is 0 Å². The number of nitrogens with two attached hydrogens (primary N) is 1. The van der Waals surface area contributed by atoms with Crippen LogP contribution in [0.25, 0.3) is 0 Å². The highest BCUT2D eigenvalue weighted by Crippen LogP contribution is 2.35. The van der Waals surface area contributed by atoms with Crippen LogP contribution in [0, 0.1) is 0 Å². The summed E-state index contributed by atoms with van der Waals surface area (Å²) >= 11 is 0. The van der Waals surface area contributed by atoms with Crippen LogP contribution in [0.4, 0.5) is 0 Å². The molecule has 1 aliphatic rings. The van der Waals surface area contributed by atoms with Gasteiger partial charge in [0.25, 0.3) is 0 Å². The van der Waals surface area contributed by atoms with Gasteiger partial charge in [-0.1, -0.05) is 36.4 Å². The van der Waals surface area contributed by atoms with E-state index in [1.165, 1.54) is 11.1 Å². The molecule has 2 atom stereocenters. The Labute approximate surface area is 114 Å². The maximum Gasteiger partial charge on any atom is 0.119 e. The highest BCUT2D eigenvalue weighted by atomic mass is 16.5. The summed E-state index contributed by atoms with van der Waals surface area (Å²) in [5.41, 5.74) is 9.87. The van der Waals surface area contributed by atoms with E-state index in [0.717, 1.165) is 24.3 Å². The first-order valence-electron chi connectivity index (χ1n) is 6.80. The predicted octanol–water partition coefficient (Wildman–Crippen LogP) is 3.43. The Morgan fingerprint density at radius 1 is 1.16 bits per heavy atom. The predicted molar refractivity (Wildman–Crippen MR) is 77.4 cm³/mol. The zero-order valence-electron chi connectivity index (χ0n) is 11.2. The van der Waals surface area contributed by atoms with Crippen LogP contribution in [0.3, 0.4) is 0 Å². The van der Waals surface area contributed by atoms with E-state index >= 15 is 0 Å². The summed E-state index contributed by atoms with van der Waals surface area (Å²) in [6.45, 7) is 2.75. The van der Waals surface area contributed by atoms with Gasteiger partial charge in [0.1, 0.15) is 5.75 Å². The summed E-state index contributed by atoms with van der Waals surface area (Å²) < 4.78 is 5.86. The Balaban J connectivity index is 1.59. The first-order valence-corrected chi connectivity index (χ1v) is 6.80. The zero-order chi connectivity index (χ0) is 13.2. The third-order valence-electron chi connectivity index (χ3n) is 3.82. The minimum absolute atomic E-state index is 0.0764. The molecule has 2 aromatic carbocycles. The van der Waals surface area contributed by atoms with E-state index in [9.17, 15) is 0 Å². The van der Waals surface area contributed by atoms with Gasteiger partial charge in [-0.15, -0.1) is 0 Å². The summed E-state index contributed by atoms with van der Waals surface area (Å²) in [5.74, 6) is 1.47. The molecule has 0 saturated heterocycles. The van der Waals surface area contributed by atoms with Crippen molar-refractivity contribution in [3.63, 3.8) is 0 Å². The Bertz CT molecular complexity index is 560. The van der Waals surface area contributed by atoms with Gasteiger partial charge in [-0.25, -0.2) is 0 Å². The second-order valence-electron chi connectivity index (χ2n) is 5.27. The lowest BCUT2D eigenvalue weighted by atomic mass is 9.78. The minimum Gasteiger partial charge on any atom is -0.493 e. The second kappa shape index (κ2) is 5.06. The smallest absolute Gasteiger partial charge is 0.119 e. The zero-order valence-corrected chi connectivity index (χ0v) is 11.2. The molecule has 2 N–H and O–H groups in total. The van der Waals surface area contributed by atoms with E-state index in [-0.39, 0.29) is 6.04 Å². The number of hydrogen-bond acceptors (Lipinski definition) is 2. The largest absolute Gasteiger partial charge is 0.493 e. The van der Waals surface area contributed by atoms with Gasteiger partial charge in [-0.3, -0.25) is 0 Å². The number of ether oxygens (including phenoxy) is 1. The van der Waals surface area contributed by atoms with E-state index in [0.29, 0.717) is 5.92 Å². The molecule has 2 heteroatoms. The van der Waals surface area contributed by atoms with E-state index in [1.807, 2.05) is 31.2 Å². The van der Waals surface area contributed by atoms with Gasteiger partial charge in [0.05, 0.1) is 6.61 Å². The molecule has 19 heavy (non-hydrogen) atoms. The van der Waals surface area contributed by atoms with Gasteiger partial charge in [-0.05, 0) is 42.2 Å². The molecule has 0 bridgehead atoms. The number of hydrogen-bond donors (Lipinski definition) is 1. The topological polar surface area (TPSA) is 35.2 Å². The molecule has 0 amide bonds. The third-order valence-corrected chi connectivity index (χ3v) is 3.82. The fourth-order valence-electron chi connectivity index (χ4n) is 2.58. The summed E-state index contributed by atoms with van der Waals surface area (Å²) in [5, 5.41) is 0. The van der Waals surface area contributed by atoms with Gasteiger partial charge in [0.15, 0.2) is 0 Å². The molecule has 1 unspecified atom stereocenters. The highest BCUT2D eigenvalue weighted by Gasteiger charge is 2.25. The molecule has 0 fully saturated rings. The SMILES string of the molecule is C[C@@H](N)c1ccc(OCC2Cc3ccccc32)cc1. The molecular weight excluding hydrogens is 234 g/mol. The van der Waals surface area contributed by atoms with Crippen LogP contribution in [0.1, 0.15) is 35.6 Å². The Kier molecular flexibility index (Phi) is 3.26. The van der Waals surface area contributed by atoms with Crippen LogP contribution in [0.15, 0.2) is 48.5 Å². The first-order chi connectivity index (χ1) is 9.24.